The van der Waals surface area contributed by atoms with E-state index < -0.39 is 0 Å². The number of amides is 2. The van der Waals surface area contributed by atoms with Crippen molar-refractivity contribution in [3.05, 3.63) is 65.2 Å². The normalized spacial score (nSPS) is 12.0. The molecule has 2 amide bonds. The molecule has 0 aliphatic carbocycles. The van der Waals surface area contributed by atoms with Crippen LogP contribution in [0.1, 0.15) is 29.5 Å². The maximum Gasteiger partial charge on any atom is 0.227 e. The van der Waals surface area contributed by atoms with Crippen LogP contribution in [0.5, 0.6) is 0 Å². The lowest BCUT2D eigenvalue weighted by molar-refractivity contribution is -0.125. The van der Waals surface area contributed by atoms with Crippen LogP contribution in [-0.4, -0.2) is 56.5 Å². The van der Waals surface area contributed by atoms with E-state index in [1.165, 1.54) is 0 Å². The molecule has 0 fully saturated rings. The van der Waals surface area contributed by atoms with Crippen LogP contribution in [-0.2, 0) is 25.6 Å². The number of benzene rings is 2. The van der Waals surface area contributed by atoms with E-state index in [1.54, 1.807) is 4.90 Å². The van der Waals surface area contributed by atoms with Gasteiger partial charge in [0.05, 0.1) is 45.3 Å². The minimum atomic E-state index is -0.195. The first-order chi connectivity index (χ1) is 15.7. The predicted molar refractivity (Wildman–Crippen MR) is 121 cm³/mol. The maximum absolute atomic E-state index is 13.1. The van der Waals surface area contributed by atoms with E-state index in [-0.39, 0.29) is 37.9 Å². The van der Waals surface area contributed by atoms with Gasteiger partial charge in [-0.15, -0.1) is 0 Å². The summed E-state index contributed by atoms with van der Waals surface area (Å²) in [5.74, 6) is 6.05. The highest BCUT2D eigenvalue weighted by Gasteiger charge is 2.21. The number of nitrogens with zero attached hydrogens (tertiary/aromatic N) is 1. The Balaban J connectivity index is 1.51. The van der Waals surface area contributed by atoms with Gasteiger partial charge in [0.25, 0.3) is 0 Å². The molecule has 0 saturated carbocycles. The number of carbonyl (C=O) groups excluding carboxylic acids is 2. The summed E-state index contributed by atoms with van der Waals surface area (Å²) >= 11 is 0. The average molecular weight is 437 g/mol. The Bertz CT molecular complexity index is 980. The van der Waals surface area contributed by atoms with Crippen LogP contribution in [0.2, 0.25) is 0 Å². The summed E-state index contributed by atoms with van der Waals surface area (Å²) in [5, 5.41) is 11.4. The van der Waals surface area contributed by atoms with Gasteiger partial charge in [0.1, 0.15) is 0 Å². The highest BCUT2D eigenvalue weighted by atomic mass is 16.5. The van der Waals surface area contributed by atoms with Gasteiger partial charge in [-0.3, -0.25) is 9.59 Å². The van der Waals surface area contributed by atoms with E-state index in [2.05, 4.69) is 17.2 Å². The molecule has 0 spiro atoms. The van der Waals surface area contributed by atoms with Gasteiger partial charge in [-0.2, -0.15) is 0 Å². The second-order valence-corrected chi connectivity index (χ2v) is 7.20. The molecule has 2 N–H and O–H groups in total. The van der Waals surface area contributed by atoms with E-state index >= 15 is 0 Å². The number of hydrogen-bond donors (Lipinski definition) is 2. The average Bonchev–Trinajstić information content (AvgIpc) is 2.80. The number of carbonyl (C=O) groups is 2. The third-order valence-corrected chi connectivity index (χ3v) is 4.92. The molecule has 2 aromatic carbocycles. The fraction of sp³-hybridized carbons (Fsp3) is 0.360. The van der Waals surface area contributed by atoms with Gasteiger partial charge in [-0.1, -0.05) is 42.2 Å². The number of aliphatic hydroxyl groups is 1. The molecule has 0 bridgehead atoms. The van der Waals surface area contributed by atoms with Gasteiger partial charge in [-0.05, 0) is 23.8 Å². The molecule has 2 aromatic rings. The number of nitrogens with one attached hydrogen (secondary N) is 1. The van der Waals surface area contributed by atoms with E-state index in [0.717, 1.165) is 22.4 Å². The van der Waals surface area contributed by atoms with Crippen molar-refractivity contribution < 1.29 is 24.2 Å². The quantitative estimate of drug-likeness (QED) is 0.415. The summed E-state index contributed by atoms with van der Waals surface area (Å²) in [6.07, 6.45) is 0.204. The lowest BCUT2D eigenvalue weighted by Crippen LogP contribution is -2.34. The molecule has 1 aliphatic rings. The molecule has 32 heavy (non-hydrogen) atoms. The summed E-state index contributed by atoms with van der Waals surface area (Å²) in [4.78, 5) is 27.0. The molecule has 0 aromatic heterocycles. The van der Waals surface area contributed by atoms with Crippen molar-refractivity contribution in [2.75, 3.05) is 44.5 Å². The van der Waals surface area contributed by atoms with E-state index in [1.807, 2.05) is 48.5 Å². The molecule has 168 valence electrons. The Morgan fingerprint density at radius 1 is 0.906 bits per heavy atom. The third-order valence-electron chi connectivity index (χ3n) is 4.92. The molecule has 3 rings (SSSR count). The van der Waals surface area contributed by atoms with Crippen LogP contribution in [0.25, 0.3) is 0 Å². The van der Waals surface area contributed by atoms with Crippen molar-refractivity contribution in [1.82, 2.24) is 5.32 Å². The van der Waals surface area contributed by atoms with Gasteiger partial charge >= 0.3 is 0 Å². The molecular formula is C25H28N2O5. The number of anilines is 1. The van der Waals surface area contributed by atoms with Gasteiger partial charge in [-0.25, -0.2) is 0 Å². The van der Waals surface area contributed by atoms with Crippen LogP contribution >= 0.6 is 0 Å². The Morgan fingerprint density at radius 2 is 1.59 bits per heavy atom. The van der Waals surface area contributed by atoms with Crippen molar-refractivity contribution in [3.8, 4) is 11.8 Å². The zero-order chi connectivity index (χ0) is 22.6. The van der Waals surface area contributed by atoms with Gasteiger partial charge < -0.3 is 24.8 Å². The van der Waals surface area contributed by atoms with Gasteiger partial charge in [0.15, 0.2) is 0 Å². The molecule has 7 nitrogen and oxygen atoms in total. The summed E-state index contributed by atoms with van der Waals surface area (Å²) in [6.45, 7) is 2.20. The van der Waals surface area contributed by atoms with Crippen molar-refractivity contribution in [1.29, 1.82) is 0 Å². The Morgan fingerprint density at radius 3 is 2.41 bits per heavy atom. The van der Waals surface area contributed by atoms with Crippen molar-refractivity contribution in [2.24, 2.45) is 0 Å². The summed E-state index contributed by atoms with van der Waals surface area (Å²) in [6, 6.07) is 15.4. The molecular weight excluding hydrogens is 408 g/mol. The van der Waals surface area contributed by atoms with Crippen LogP contribution in [0.4, 0.5) is 5.69 Å². The third kappa shape index (κ3) is 6.92. The minimum Gasteiger partial charge on any atom is -0.394 e. The van der Waals surface area contributed by atoms with Crippen LogP contribution < -0.4 is 10.2 Å². The number of rotatable bonds is 11. The summed E-state index contributed by atoms with van der Waals surface area (Å²) < 4.78 is 10.4. The molecule has 1 heterocycles. The molecule has 1 aliphatic heterocycles. The van der Waals surface area contributed by atoms with Crippen molar-refractivity contribution in [3.63, 3.8) is 0 Å². The smallest absolute Gasteiger partial charge is 0.227 e. The number of aliphatic hydroxyl groups excluding tert-OH is 1. The van der Waals surface area contributed by atoms with E-state index in [0.29, 0.717) is 32.9 Å². The number of hydrogen-bond acceptors (Lipinski definition) is 5. The van der Waals surface area contributed by atoms with Gasteiger partial charge in [0, 0.05) is 30.5 Å². The lowest BCUT2D eigenvalue weighted by atomic mass is 10.0. The predicted octanol–water partition coefficient (Wildman–Crippen LogP) is 1.85. The zero-order valence-corrected chi connectivity index (χ0v) is 18.0. The number of fused-ring (bicyclic) bond motifs is 2. The topological polar surface area (TPSA) is 88.1 Å². The van der Waals surface area contributed by atoms with Crippen molar-refractivity contribution in [2.45, 2.75) is 19.4 Å². The standard InChI is InChI=1S/C25H28N2O5/c28-14-16-32-18-17-31-15-13-26-24(29)11-12-25(30)27-19-22-7-2-1-5-20(22)9-10-21-6-3-4-8-23(21)27/h1-8,28H,11-19H2,(H,26,29). The lowest BCUT2D eigenvalue weighted by Gasteiger charge is -2.26. The fourth-order valence-corrected chi connectivity index (χ4v) is 3.30. The van der Waals surface area contributed by atoms with Gasteiger partial charge in [0.2, 0.25) is 11.8 Å². The second kappa shape index (κ2) is 12.6. The Labute approximate surface area is 188 Å². The van der Waals surface area contributed by atoms with E-state index in [9.17, 15) is 9.59 Å². The molecule has 0 unspecified atom stereocenters. The molecule has 0 radical (unpaired) electrons. The SMILES string of the molecule is O=C(CCC(=O)N1Cc2ccccc2C#Cc2ccccc21)NCCOCCOCCO. The Hall–Kier alpha value is -3.18. The summed E-state index contributed by atoms with van der Waals surface area (Å²) in [7, 11) is 0. The van der Waals surface area contributed by atoms with Crippen LogP contribution in [0.3, 0.4) is 0 Å². The van der Waals surface area contributed by atoms with Crippen LogP contribution in [0.15, 0.2) is 48.5 Å². The van der Waals surface area contributed by atoms with Crippen LogP contribution in [0, 0.1) is 11.8 Å². The molecule has 0 atom stereocenters. The summed E-state index contributed by atoms with van der Waals surface area (Å²) in [5.41, 5.74) is 3.43. The number of para-hydroxylation sites is 1. The largest absolute Gasteiger partial charge is 0.394 e. The van der Waals surface area contributed by atoms with E-state index in [4.69, 9.17) is 14.6 Å². The molecule has 0 saturated heterocycles. The monoisotopic (exact) mass is 436 g/mol. The molecule has 7 heteroatoms. The first-order valence-electron chi connectivity index (χ1n) is 10.7. The first-order valence-corrected chi connectivity index (χ1v) is 10.7. The Kier molecular flexibility index (Phi) is 9.26. The van der Waals surface area contributed by atoms with Crippen molar-refractivity contribution >= 4 is 17.5 Å². The highest BCUT2D eigenvalue weighted by Crippen LogP contribution is 2.26. The number of ether oxygens (including phenoxy) is 2. The minimum absolute atomic E-state index is 0.0162. The highest BCUT2D eigenvalue weighted by molar-refractivity contribution is 5.96. The maximum atomic E-state index is 13.1. The first kappa shape index (κ1) is 23.5. The zero-order valence-electron chi connectivity index (χ0n) is 18.0. The fourth-order valence-electron chi connectivity index (χ4n) is 3.30. The second-order valence-electron chi connectivity index (χ2n) is 7.20.